The number of methoxy groups -OCH3 is 1. The van der Waals surface area contributed by atoms with Crippen molar-refractivity contribution in [3.05, 3.63) is 54.4 Å². The number of carbonyl (C=O) groups is 1. The lowest BCUT2D eigenvalue weighted by molar-refractivity contribution is -0.116. The van der Waals surface area contributed by atoms with Crippen LogP contribution in [0.3, 0.4) is 0 Å². The molecule has 8 nitrogen and oxygen atoms in total. The van der Waals surface area contributed by atoms with Gasteiger partial charge in [-0.15, -0.1) is 0 Å². The van der Waals surface area contributed by atoms with Crippen LogP contribution in [0, 0.1) is 0 Å². The highest BCUT2D eigenvalue weighted by Gasteiger charge is 2.17. The van der Waals surface area contributed by atoms with E-state index in [1.54, 1.807) is 19.1 Å². The van der Waals surface area contributed by atoms with Crippen LogP contribution in [0.5, 0.6) is 0 Å². The van der Waals surface area contributed by atoms with E-state index in [0.29, 0.717) is 12.1 Å². The molecule has 0 aliphatic carbocycles. The maximum absolute atomic E-state index is 12.3. The van der Waals surface area contributed by atoms with Crippen LogP contribution in [0.4, 0.5) is 5.69 Å². The number of hydrogen-bond acceptors (Lipinski definition) is 5. The number of nitrogens with zero attached hydrogens (tertiary/aromatic N) is 1. The molecular formula is C20H24N4O4S. The van der Waals surface area contributed by atoms with E-state index in [9.17, 15) is 13.2 Å². The molecule has 0 aliphatic rings. The lowest BCUT2D eigenvalue weighted by Gasteiger charge is -2.13. The number of aromatic nitrogens is 2. The number of fused-ring (bicyclic) bond motifs is 1. The Morgan fingerprint density at radius 1 is 1.17 bits per heavy atom. The fourth-order valence-electron chi connectivity index (χ4n) is 2.91. The van der Waals surface area contributed by atoms with Crippen molar-refractivity contribution in [3.8, 4) is 0 Å². The van der Waals surface area contributed by atoms with Crippen molar-refractivity contribution in [1.82, 2.24) is 14.7 Å². The van der Waals surface area contributed by atoms with Crippen LogP contribution >= 0.6 is 0 Å². The third-order valence-electron chi connectivity index (χ3n) is 4.25. The maximum atomic E-state index is 12.3. The molecule has 0 spiro atoms. The van der Waals surface area contributed by atoms with Crippen LogP contribution in [-0.2, 0) is 26.0 Å². The topological polar surface area (TPSA) is 113 Å². The molecule has 3 rings (SSSR count). The van der Waals surface area contributed by atoms with E-state index in [1.165, 1.54) is 19.2 Å². The van der Waals surface area contributed by atoms with Gasteiger partial charge in [0.05, 0.1) is 22.5 Å². The minimum atomic E-state index is -3.64. The summed E-state index contributed by atoms with van der Waals surface area (Å²) >= 11 is 0. The van der Waals surface area contributed by atoms with Crippen molar-refractivity contribution >= 4 is 32.7 Å². The van der Waals surface area contributed by atoms with Crippen molar-refractivity contribution in [1.29, 1.82) is 0 Å². The van der Waals surface area contributed by atoms with Gasteiger partial charge in [-0.3, -0.25) is 4.79 Å². The Kier molecular flexibility index (Phi) is 6.63. The number of para-hydroxylation sites is 2. The van der Waals surface area contributed by atoms with Crippen molar-refractivity contribution in [2.75, 3.05) is 19.0 Å². The normalized spacial score (nSPS) is 12.8. The van der Waals surface area contributed by atoms with E-state index < -0.39 is 10.0 Å². The molecule has 9 heteroatoms. The number of sulfonamides is 1. The van der Waals surface area contributed by atoms with Gasteiger partial charge < -0.3 is 15.0 Å². The predicted molar refractivity (Wildman–Crippen MR) is 111 cm³/mol. The number of carbonyl (C=O) groups excluding carboxylic acids is 1. The second kappa shape index (κ2) is 9.17. The highest BCUT2D eigenvalue weighted by molar-refractivity contribution is 7.89. The van der Waals surface area contributed by atoms with Gasteiger partial charge in [-0.25, -0.2) is 18.1 Å². The lowest BCUT2D eigenvalue weighted by Crippen LogP contribution is -2.35. The number of aromatic amines is 1. The fraction of sp³-hybridized carbons (Fsp3) is 0.300. The Morgan fingerprint density at radius 2 is 1.90 bits per heavy atom. The molecular weight excluding hydrogens is 392 g/mol. The molecule has 3 aromatic rings. The summed E-state index contributed by atoms with van der Waals surface area (Å²) in [6.45, 7) is 2.00. The van der Waals surface area contributed by atoms with E-state index in [-0.39, 0.29) is 29.9 Å². The number of anilines is 1. The van der Waals surface area contributed by atoms with E-state index in [1.807, 2.05) is 24.3 Å². The molecule has 0 bridgehead atoms. The molecule has 29 heavy (non-hydrogen) atoms. The number of amides is 1. The maximum Gasteiger partial charge on any atom is 0.240 e. The van der Waals surface area contributed by atoms with Crippen LogP contribution in [-0.4, -0.2) is 44.1 Å². The van der Waals surface area contributed by atoms with E-state index in [2.05, 4.69) is 20.0 Å². The van der Waals surface area contributed by atoms with Crippen LogP contribution in [0.15, 0.2) is 53.4 Å². The summed E-state index contributed by atoms with van der Waals surface area (Å²) in [6.07, 6.45) is 0.740. The van der Waals surface area contributed by atoms with Gasteiger partial charge in [0.2, 0.25) is 15.9 Å². The minimum Gasteiger partial charge on any atom is -0.383 e. The number of hydrogen-bond donors (Lipinski definition) is 3. The van der Waals surface area contributed by atoms with Crippen molar-refractivity contribution in [2.24, 2.45) is 0 Å². The van der Waals surface area contributed by atoms with Crippen LogP contribution < -0.4 is 10.0 Å². The number of aryl methyl sites for hydroxylation is 1. The first-order valence-corrected chi connectivity index (χ1v) is 10.7. The van der Waals surface area contributed by atoms with Crippen LogP contribution in [0.1, 0.15) is 19.2 Å². The molecule has 1 atom stereocenters. The van der Waals surface area contributed by atoms with Gasteiger partial charge in [0.25, 0.3) is 0 Å². The third-order valence-corrected chi connectivity index (χ3v) is 5.85. The molecule has 1 amide bonds. The summed E-state index contributed by atoms with van der Waals surface area (Å²) in [5.41, 5.74) is 2.34. The van der Waals surface area contributed by atoms with Gasteiger partial charge in [0.1, 0.15) is 5.82 Å². The Hall–Kier alpha value is -2.75. The summed E-state index contributed by atoms with van der Waals surface area (Å²) in [5, 5.41) is 2.77. The summed E-state index contributed by atoms with van der Waals surface area (Å²) in [4.78, 5) is 20.0. The van der Waals surface area contributed by atoms with Gasteiger partial charge in [-0.05, 0) is 43.3 Å². The number of nitrogens with one attached hydrogen (secondary N) is 3. The molecule has 2 aromatic carbocycles. The molecule has 154 valence electrons. The fourth-order valence-corrected chi connectivity index (χ4v) is 4.14. The minimum absolute atomic E-state index is 0.126. The smallest absolute Gasteiger partial charge is 0.240 e. The molecule has 0 aliphatic heterocycles. The quantitative estimate of drug-likeness (QED) is 0.496. The Morgan fingerprint density at radius 3 is 2.59 bits per heavy atom. The number of imidazole rings is 1. The van der Waals surface area contributed by atoms with Gasteiger partial charge >= 0.3 is 0 Å². The van der Waals surface area contributed by atoms with Crippen LogP contribution in [0.2, 0.25) is 0 Å². The zero-order valence-corrected chi connectivity index (χ0v) is 17.1. The zero-order chi connectivity index (χ0) is 20.9. The molecule has 1 heterocycles. The Bertz CT molecular complexity index is 1040. The summed E-state index contributed by atoms with van der Waals surface area (Å²) in [5.74, 6) is 0.576. The molecule has 0 fully saturated rings. The monoisotopic (exact) mass is 416 g/mol. The van der Waals surface area contributed by atoms with E-state index >= 15 is 0 Å². The summed E-state index contributed by atoms with van der Waals surface area (Å²) < 4.78 is 32.1. The molecule has 1 unspecified atom stereocenters. The number of ether oxygens (including phenoxy) is 1. The van der Waals surface area contributed by atoms with E-state index in [0.717, 1.165) is 16.9 Å². The van der Waals surface area contributed by atoms with Gasteiger partial charge in [0.15, 0.2) is 0 Å². The zero-order valence-electron chi connectivity index (χ0n) is 16.3. The Balaban J connectivity index is 1.55. The summed E-state index contributed by atoms with van der Waals surface area (Å²) in [7, 11) is -2.13. The average molecular weight is 417 g/mol. The number of benzene rings is 2. The second-order valence-electron chi connectivity index (χ2n) is 6.75. The molecule has 3 N–H and O–H groups in total. The molecule has 1 aromatic heterocycles. The standard InChI is InChI=1S/C20H24N4O4S/c1-14(13-28-2)24-29(26,27)16-9-7-15(8-10-16)21-20(25)12-11-19-22-17-5-3-4-6-18(17)23-19/h3-10,14,24H,11-13H2,1-2H3,(H,21,25)(H,22,23). The first-order chi connectivity index (χ1) is 13.9. The van der Waals surface area contributed by atoms with Gasteiger partial charge in [0, 0.05) is 31.7 Å². The van der Waals surface area contributed by atoms with Crippen molar-refractivity contribution < 1.29 is 17.9 Å². The largest absolute Gasteiger partial charge is 0.383 e. The lowest BCUT2D eigenvalue weighted by atomic mass is 10.2. The molecule has 0 saturated carbocycles. The highest BCUT2D eigenvalue weighted by Crippen LogP contribution is 2.16. The predicted octanol–water partition coefficient (Wildman–Crippen LogP) is 2.45. The first-order valence-electron chi connectivity index (χ1n) is 9.22. The highest BCUT2D eigenvalue weighted by atomic mass is 32.2. The van der Waals surface area contributed by atoms with Crippen molar-refractivity contribution in [2.45, 2.75) is 30.7 Å². The first kappa shape index (κ1) is 21.0. The molecule has 0 radical (unpaired) electrons. The summed E-state index contributed by atoms with van der Waals surface area (Å²) in [6, 6.07) is 13.4. The van der Waals surface area contributed by atoms with Gasteiger partial charge in [-0.2, -0.15) is 0 Å². The average Bonchev–Trinajstić information content (AvgIpc) is 3.09. The van der Waals surface area contributed by atoms with E-state index in [4.69, 9.17) is 4.74 Å². The number of rotatable bonds is 9. The SMILES string of the molecule is COCC(C)NS(=O)(=O)c1ccc(NC(=O)CCc2nc3ccccc3[nH]2)cc1. The van der Waals surface area contributed by atoms with Crippen molar-refractivity contribution in [3.63, 3.8) is 0 Å². The van der Waals surface area contributed by atoms with Gasteiger partial charge in [-0.1, -0.05) is 12.1 Å². The number of H-pyrrole nitrogens is 1. The Labute approximate surface area is 169 Å². The molecule has 0 saturated heterocycles. The third kappa shape index (κ3) is 5.63. The second-order valence-corrected chi connectivity index (χ2v) is 8.46. The van der Waals surface area contributed by atoms with Crippen LogP contribution in [0.25, 0.3) is 11.0 Å².